The van der Waals surface area contributed by atoms with Gasteiger partial charge in [0.1, 0.15) is 5.71 Å². The van der Waals surface area contributed by atoms with Crippen molar-refractivity contribution >= 4 is 23.2 Å². The van der Waals surface area contributed by atoms with Crippen molar-refractivity contribution in [1.29, 1.82) is 0 Å². The van der Waals surface area contributed by atoms with E-state index in [0.717, 1.165) is 17.7 Å². The first-order valence-corrected chi connectivity index (χ1v) is 7.90. The lowest BCUT2D eigenvalue weighted by Gasteiger charge is -2.19. The van der Waals surface area contributed by atoms with E-state index < -0.39 is 0 Å². The molecule has 0 radical (unpaired) electrons. The summed E-state index contributed by atoms with van der Waals surface area (Å²) >= 11 is 0. The number of rotatable bonds is 4. The maximum atomic E-state index is 12.4. The Balaban J connectivity index is 1.77. The van der Waals surface area contributed by atoms with Gasteiger partial charge in [-0.1, -0.05) is 48.5 Å². The van der Waals surface area contributed by atoms with Crippen molar-refractivity contribution in [3.8, 4) is 0 Å². The van der Waals surface area contributed by atoms with Crippen LogP contribution in [0.25, 0.3) is 0 Å². The van der Waals surface area contributed by atoms with Crippen molar-refractivity contribution in [1.82, 2.24) is 5.01 Å². The molecule has 0 saturated carbocycles. The normalized spacial score (nSPS) is 14.3. The minimum absolute atomic E-state index is 0.0731. The van der Waals surface area contributed by atoms with Crippen LogP contribution in [0.5, 0.6) is 0 Å². The number of hydrogen-bond acceptors (Lipinski definition) is 3. The van der Waals surface area contributed by atoms with Crippen LogP contribution in [0, 0.1) is 0 Å². The fraction of sp³-hybridized carbons (Fsp3) is 0.211. The van der Waals surface area contributed by atoms with Gasteiger partial charge in [-0.3, -0.25) is 9.59 Å². The standard InChI is InChI=1S/C19H19N3O2/c1-22-18(23)12-11-17(21-22)19(24)20-16-10-6-5-9-15(16)13-14-7-3-2-4-8-14/h2-10H,11-13H2,1H3,(H,20,24). The van der Waals surface area contributed by atoms with Crippen molar-refractivity contribution in [3.63, 3.8) is 0 Å². The molecule has 24 heavy (non-hydrogen) atoms. The third-order valence-corrected chi connectivity index (χ3v) is 3.97. The molecule has 0 spiro atoms. The number of anilines is 1. The van der Waals surface area contributed by atoms with Crippen LogP contribution < -0.4 is 5.32 Å². The van der Waals surface area contributed by atoms with Crippen LogP contribution in [0.2, 0.25) is 0 Å². The molecule has 0 aliphatic carbocycles. The smallest absolute Gasteiger partial charge is 0.271 e. The second-order valence-corrected chi connectivity index (χ2v) is 5.74. The van der Waals surface area contributed by atoms with Gasteiger partial charge in [-0.25, -0.2) is 5.01 Å². The molecule has 0 aromatic heterocycles. The molecule has 1 aliphatic rings. The number of hydrazone groups is 1. The monoisotopic (exact) mass is 321 g/mol. The largest absolute Gasteiger partial charge is 0.321 e. The van der Waals surface area contributed by atoms with Crippen LogP contribution in [-0.2, 0) is 16.0 Å². The SMILES string of the molecule is CN1N=C(C(=O)Nc2ccccc2Cc2ccccc2)CCC1=O. The molecule has 0 atom stereocenters. The van der Waals surface area contributed by atoms with Gasteiger partial charge in [0.15, 0.2) is 0 Å². The summed E-state index contributed by atoms with van der Waals surface area (Å²) in [7, 11) is 1.57. The van der Waals surface area contributed by atoms with Crippen LogP contribution in [0.15, 0.2) is 59.7 Å². The highest BCUT2D eigenvalue weighted by molar-refractivity contribution is 6.43. The molecule has 5 nitrogen and oxygen atoms in total. The molecule has 1 heterocycles. The molecule has 1 aliphatic heterocycles. The number of amides is 2. The zero-order chi connectivity index (χ0) is 16.9. The van der Waals surface area contributed by atoms with Crippen LogP contribution in [-0.4, -0.2) is 29.6 Å². The molecule has 3 rings (SSSR count). The third-order valence-electron chi connectivity index (χ3n) is 3.97. The number of nitrogens with one attached hydrogen (secondary N) is 1. The van der Waals surface area contributed by atoms with Gasteiger partial charge in [0.2, 0.25) is 5.91 Å². The summed E-state index contributed by atoms with van der Waals surface area (Å²) in [6, 6.07) is 17.8. The Morgan fingerprint density at radius 1 is 1.08 bits per heavy atom. The Kier molecular flexibility index (Phi) is 4.70. The molecule has 2 aromatic carbocycles. The minimum atomic E-state index is -0.255. The van der Waals surface area contributed by atoms with Crippen LogP contribution in [0.1, 0.15) is 24.0 Å². The van der Waals surface area contributed by atoms with Gasteiger partial charge in [-0.05, 0) is 23.6 Å². The molecule has 2 aromatic rings. The fourth-order valence-electron chi connectivity index (χ4n) is 2.64. The zero-order valence-electron chi connectivity index (χ0n) is 13.5. The first-order chi connectivity index (χ1) is 11.6. The van der Waals surface area contributed by atoms with Gasteiger partial charge in [0.25, 0.3) is 5.91 Å². The molecule has 0 unspecified atom stereocenters. The Morgan fingerprint density at radius 2 is 1.79 bits per heavy atom. The third kappa shape index (κ3) is 3.68. The number of benzene rings is 2. The zero-order valence-corrected chi connectivity index (χ0v) is 13.5. The van der Waals surface area contributed by atoms with E-state index in [9.17, 15) is 9.59 Å². The van der Waals surface area contributed by atoms with Crippen LogP contribution in [0.4, 0.5) is 5.69 Å². The highest BCUT2D eigenvalue weighted by Crippen LogP contribution is 2.20. The highest BCUT2D eigenvalue weighted by Gasteiger charge is 2.22. The summed E-state index contributed by atoms with van der Waals surface area (Å²) in [5.41, 5.74) is 3.37. The predicted octanol–water partition coefficient (Wildman–Crippen LogP) is 2.82. The van der Waals surface area contributed by atoms with E-state index in [2.05, 4.69) is 22.6 Å². The quantitative estimate of drug-likeness (QED) is 0.941. The fourth-order valence-corrected chi connectivity index (χ4v) is 2.64. The van der Waals surface area contributed by atoms with E-state index in [4.69, 9.17) is 0 Å². The van der Waals surface area contributed by atoms with Gasteiger partial charge >= 0.3 is 0 Å². The molecular formula is C19H19N3O2. The lowest BCUT2D eigenvalue weighted by Crippen LogP contribution is -2.34. The lowest BCUT2D eigenvalue weighted by molar-refractivity contribution is -0.130. The first kappa shape index (κ1) is 15.9. The number of carbonyl (C=O) groups is 2. The number of hydrogen-bond donors (Lipinski definition) is 1. The Hall–Kier alpha value is -2.95. The molecule has 122 valence electrons. The van der Waals surface area contributed by atoms with E-state index in [-0.39, 0.29) is 11.8 Å². The molecule has 0 bridgehead atoms. The van der Waals surface area contributed by atoms with Gasteiger partial charge in [0, 0.05) is 25.6 Å². The maximum Gasteiger partial charge on any atom is 0.271 e. The molecule has 0 saturated heterocycles. The van der Waals surface area contributed by atoms with Gasteiger partial charge in [0.05, 0.1) is 0 Å². The summed E-state index contributed by atoms with van der Waals surface area (Å²) in [6.07, 6.45) is 1.42. The molecule has 0 fully saturated rings. The average Bonchev–Trinajstić information content (AvgIpc) is 2.60. The Labute approximate surface area is 141 Å². The molecular weight excluding hydrogens is 302 g/mol. The second kappa shape index (κ2) is 7.08. The summed E-state index contributed by atoms with van der Waals surface area (Å²) < 4.78 is 0. The second-order valence-electron chi connectivity index (χ2n) is 5.74. The summed E-state index contributed by atoms with van der Waals surface area (Å²) in [5, 5.41) is 8.22. The van der Waals surface area contributed by atoms with Gasteiger partial charge in [-0.15, -0.1) is 0 Å². The van der Waals surface area contributed by atoms with Crippen molar-refractivity contribution in [3.05, 3.63) is 65.7 Å². The minimum Gasteiger partial charge on any atom is -0.321 e. The summed E-state index contributed by atoms with van der Waals surface area (Å²) in [4.78, 5) is 23.9. The van der Waals surface area contributed by atoms with Crippen molar-refractivity contribution in [2.75, 3.05) is 12.4 Å². The van der Waals surface area contributed by atoms with Crippen molar-refractivity contribution in [2.45, 2.75) is 19.3 Å². The number of para-hydroxylation sites is 1. The maximum absolute atomic E-state index is 12.4. The first-order valence-electron chi connectivity index (χ1n) is 7.90. The van der Waals surface area contributed by atoms with Gasteiger partial charge in [-0.2, -0.15) is 5.10 Å². The Morgan fingerprint density at radius 3 is 2.54 bits per heavy atom. The van der Waals surface area contributed by atoms with E-state index in [1.165, 1.54) is 10.6 Å². The topological polar surface area (TPSA) is 61.8 Å². The molecule has 5 heteroatoms. The van der Waals surface area contributed by atoms with Crippen molar-refractivity contribution in [2.24, 2.45) is 5.10 Å². The number of carbonyl (C=O) groups excluding carboxylic acids is 2. The van der Waals surface area contributed by atoms with Crippen LogP contribution >= 0.6 is 0 Å². The van der Waals surface area contributed by atoms with Gasteiger partial charge < -0.3 is 5.32 Å². The highest BCUT2D eigenvalue weighted by atomic mass is 16.2. The summed E-state index contributed by atoms with van der Waals surface area (Å²) in [6.45, 7) is 0. The van der Waals surface area contributed by atoms with E-state index in [0.29, 0.717) is 18.6 Å². The molecule has 1 N–H and O–H groups in total. The average molecular weight is 321 g/mol. The van der Waals surface area contributed by atoms with E-state index >= 15 is 0 Å². The van der Waals surface area contributed by atoms with Crippen LogP contribution in [0.3, 0.4) is 0 Å². The number of nitrogens with zero attached hydrogens (tertiary/aromatic N) is 2. The van der Waals surface area contributed by atoms with Crippen molar-refractivity contribution < 1.29 is 9.59 Å². The van der Waals surface area contributed by atoms with E-state index in [1.54, 1.807) is 7.05 Å². The molecule has 2 amide bonds. The Bertz CT molecular complexity index is 784. The van der Waals surface area contributed by atoms with E-state index in [1.807, 2.05) is 42.5 Å². The predicted molar refractivity (Wildman–Crippen MR) is 93.8 cm³/mol. The summed E-state index contributed by atoms with van der Waals surface area (Å²) in [5.74, 6) is -0.328. The lowest BCUT2D eigenvalue weighted by atomic mass is 10.0.